The highest BCUT2D eigenvalue weighted by molar-refractivity contribution is 5.95. The monoisotopic (exact) mass is 323 g/mol. The Bertz CT molecular complexity index is 712. The van der Waals surface area contributed by atoms with Gasteiger partial charge in [-0.25, -0.2) is 9.67 Å². The van der Waals surface area contributed by atoms with Crippen LogP contribution in [0.2, 0.25) is 0 Å². The second kappa shape index (κ2) is 6.72. The molecule has 0 aliphatic rings. The molecular weight excluding hydrogens is 304 g/mol. The third-order valence-corrected chi connectivity index (χ3v) is 3.48. The molecule has 124 valence electrons. The molecule has 1 amide bonds. The predicted molar refractivity (Wildman–Crippen MR) is 83.9 cm³/mol. The number of anilines is 2. The molecule has 0 saturated carbocycles. The van der Waals surface area contributed by atoms with Crippen LogP contribution in [0.5, 0.6) is 0 Å². The van der Waals surface area contributed by atoms with Gasteiger partial charge in [-0.15, -0.1) is 0 Å². The van der Waals surface area contributed by atoms with Crippen molar-refractivity contribution in [3.05, 3.63) is 35.3 Å². The van der Waals surface area contributed by atoms with Crippen LogP contribution in [0.1, 0.15) is 23.5 Å². The highest BCUT2D eigenvalue weighted by Crippen LogP contribution is 2.22. The van der Waals surface area contributed by atoms with Crippen molar-refractivity contribution in [3.8, 4) is 0 Å². The maximum atomic E-state index is 12.8. The van der Waals surface area contributed by atoms with E-state index in [9.17, 15) is 13.6 Å². The van der Waals surface area contributed by atoms with Crippen LogP contribution in [-0.4, -0.2) is 34.8 Å². The molecule has 8 heteroatoms. The van der Waals surface area contributed by atoms with Gasteiger partial charge < -0.3 is 10.2 Å². The zero-order chi connectivity index (χ0) is 17.1. The minimum absolute atomic E-state index is 0.0217. The molecule has 0 aromatic carbocycles. The first-order valence-electron chi connectivity index (χ1n) is 7.06. The van der Waals surface area contributed by atoms with Gasteiger partial charge in [-0.1, -0.05) is 0 Å². The Labute approximate surface area is 133 Å². The summed E-state index contributed by atoms with van der Waals surface area (Å²) in [4.78, 5) is 18.2. The smallest absolute Gasteiger partial charge is 0.333 e. The Hall–Kier alpha value is -2.51. The molecule has 2 heterocycles. The van der Waals surface area contributed by atoms with E-state index in [4.69, 9.17) is 0 Å². The van der Waals surface area contributed by atoms with Gasteiger partial charge in [-0.3, -0.25) is 4.79 Å². The summed E-state index contributed by atoms with van der Waals surface area (Å²) in [5.41, 5.74) is 1.81. The quantitative estimate of drug-likeness (QED) is 0.918. The van der Waals surface area contributed by atoms with Gasteiger partial charge in [-0.2, -0.15) is 13.9 Å². The van der Waals surface area contributed by atoms with Crippen molar-refractivity contribution in [1.82, 2.24) is 14.8 Å². The van der Waals surface area contributed by atoms with Gasteiger partial charge >= 0.3 is 6.55 Å². The summed E-state index contributed by atoms with van der Waals surface area (Å²) in [7, 11) is 3.64. The first-order valence-corrected chi connectivity index (χ1v) is 7.06. The minimum Gasteiger partial charge on any atom is -0.361 e. The fraction of sp³-hybridized carbons (Fsp3) is 0.400. The molecule has 2 aromatic heterocycles. The summed E-state index contributed by atoms with van der Waals surface area (Å²) in [6, 6.07) is 3.45. The highest BCUT2D eigenvalue weighted by Gasteiger charge is 2.19. The summed E-state index contributed by atoms with van der Waals surface area (Å²) in [5, 5.41) is 6.55. The maximum absolute atomic E-state index is 12.8. The largest absolute Gasteiger partial charge is 0.361 e. The fourth-order valence-electron chi connectivity index (χ4n) is 2.35. The number of carbonyl (C=O) groups is 1. The van der Waals surface area contributed by atoms with Crippen LogP contribution in [0.3, 0.4) is 0 Å². The third kappa shape index (κ3) is 3.64. The second-order valence-electron chi connectivity index (χ2n) is 5.37. The van der Waals surface area contributed by atoms with E-state index in [-0.39, 0.29) is 12.3 Å². The van der Waals surface area contributed by atoms with Gasteiger partial charge in [0.05, 0.1) is 17.8 Å². The summed E-state index contributed by atoms with van der Waals surface area (Å²) < 4.78 is 26.3. The highest BCUT2D eigenvalue weighted by atomic mass is 19.3. The molecule has 0 unspecified atom stereocenters. The molecule has 0 spiro atoms. The van der Waals surface area contributed by atoms with E-state index in [0.717, 1.165) is 0 Å². The Morgan fingerprint density at radius 1 is 1.39 bits per heavy atom. The average Bonchev–Trinajstić information content (AvgIpc) is 2.76. The number of hydrogen-bond acceptors (Lipinski definition) is 4. The van der Waals surface area contributed by atoms with E-state index in [1.807, 2.05) is 14.1 Å². The molecule has 0 atom stereocenters. The van der Waals surface area contributed by atoms with Crippen LogP contribution >= 0.6 is 0 Å². The standard InChI is InChI=1S/C15H19F2N5O/c1-9-11(10(2)22(20-9)15(16)17)8-13(23)19-12-6-5-7-18-14(12)21(3)4/h5-7,15H,8H2,1-4H3,(H,19,23). The van der Waals surface area contributed by atoms with Crippen molar-refractivity contribution in [2.24, 2.45) is 0 Å². The van der Waals surface area contributed by atoms with E-state index in [1.165, 1.54) is 6.92 Å². The lowest BCUT2D eigenvalue weighted by Gasteiger charge is -2.16. The molecule has 23 heavy (non-hydrogen) atoms. The number of hydrogen-bond donors (Lipinski definition) is 1. The summed E-state index contributed by atoms with van der Waals surface area (Å²) >= 11 is 0. The number of aryl methyl sites for hydroxylation is 1. The van der Waals surface area contributed by atoms with Crippen LogP contribution in [0.25, 0.3) is 0 Å². The SMILES string of the molecule is Cc1nn(C(F)F)c(C)c1CC(=O)Nc1cccnc1N(C)C. The van der Waals surface area contributed by atoms with Crippen LogP contribution in [0, 0.1) is 13.8 Å². The number of aromatic nitrogens is 3. The van der Waals surface area contributed by atoms with Gasteiger partial charge in [0.1, 0.15) is 0 Å². The number of amides is 1. The van der Waals surface area contributed by atoms with E-state index >= 15 is 0 Å². The molecule has 0 fully saturated rings. The summed E-state index contributed by atoms with van der Waals surface area (Å²) in [6.45, 7) is 0.428. The third-order valence-electron chi connectivity index (χ3n) is 3.48. The Balaban J connectivity index is 2.18. The average molecular weight is 323 g/mol. The van der Waals surface area contributed by atoms with Crippen LogP contribution in [-0.2, 0) is 11.2 Å². The normalized spacial score (nSPS) is 10.9. The van der Waals surface area contributed by atoms with Crippen molar-refractivity contribution in [1.29, 1.82) is 0 Å². The zero-order valence-corrected chi connectivity index (χ0v) is 13.5. The zero-order valence-electron chi connectivity index (χ0n) is 13.5. The van der Waals surface area contributed by atoms with E-state index in [2.05, 4.69) is 15.4 Å². The van der Waals surface area contributed by atoms with Gasteiger partial charge in [0, 0.05) is 31.5 Å². The van der Waals surface area contributed by atoms with Gasteiger partial charge in [-0.05, 0) is 26.0 Å². The number of pyridine rings is 1. The Kier molecular flexibility index (Phi) is 4.92. The molecule has 0 aliphatic carbocycles. The molecule has 6 nitrogen and oxygen atoms in total. The van der Waals surface area contributed by atoms with Crippen molar-refractivity contribution < 1.29 is 13.6 Å². The first-order chi connectivity index (χ1) is 10.8. The lowest BCUT2D eigenvalue weighted by molar-refractivity contribution is -0.115. The van der Waals surface area contributed by atoms with E-state index in [1.54, 1.807) is 30.2 Å². The summed E-state index contributed by atoms with van der Waals surface area (Å²) in [6.07, 6.45) is 1.61. The van der Waals surface area contributed by atoms with Crippen molar-refractivity contribution in [3.63, 3.8) is 0 Å². The van der Waals surface area contributed by atoms with Crippen molar-refractivity contribution in [2.45, 2.75) is 26.8 Å². The number of alkyl halides is 2. The van der Waals surface area contributed by atoms with Crippen LogP contribution in [0.4, 0.5) is 20.3 Å². The lowest BCUT2D eigenvalue weighted by Crippen LogP contribution is -2.19. The predicted octanol–water partition coefficient (Wildman–Crippen LogP) is 2.54. The number of halogens is 2. The molecular formula is C15H19F2N5O. The number of nitrogens with zero attached hydrogens (tertiary/aromatic N) is 4. The maximum Gasteiger partial charge on any atom is 0.333 e. The molecule has 2 rings (SSSR count). The first kappa shape index (κ1) is 16.9. The van der Waals surface area contributed by atoms with E-state index < -0.39 is 6.55 Å². The van der Waals surface area contributed by atoms with Crippen molar-refractivity contribution in [2.75, 3.05) is 24.3 Å². The number of nitrogens with one attached hydrogen (secondary N) is 1. The van der Waals surface area contributed by atoms with Gasteiger partial charge in [0.15, 0.2) is 5.82 Å². The van der Waals surface area contributed by atoms with Gasteiger partial charge in [0.2, 0.25) is 5.91 Å². The van der Waals surface area contributed by atoms with Crippen LogP contribution < -0.4 is 10.2 Å². The van der Waals surface area contributed by atoms with Gasteiger partial charge in [0.25, 0.3) is 0 Å². The van der Waals surface area contributed by atoms with Crippen LogP contribution in [0.15, 0.2) is 18.3 Å². The molecule has 2 aromatic rings. The second-order valence-corrected chi connectivity index (χ2v) is 5.37. The molecule has 0 saturated heterocycles. The van der Waals surface area contributed by atoms with Crippen molar-refractivity contribution >= 4 is 17.4 Å². The minimum atomic E-state index is -2.72. The molecule has 0 aliphatic heterocycles. The van der Waals surface area contributed by atoms with E-state index in [0.29, 0.717) is 33.1 Å². The topological polar surface area (TPSA) is 63.1 Å². The fourth-order valence-corrected chi connectivity index (χ4v) is 2.35. The summed E-state index contributed by atoms with van der Waals surface area (Å²) in [5.74, 6) is 0.318. The number of carbonyl (C=O) groups excluding carboxylic acids is 1. The Morgan fingerprint density at radius 3 is 2.65 bits per heavy atom. The Morgan fingerprint density at radius 2 is 2.09 bits per heavy atom. The number of rotatable bonds is 5. The molecule has 0 bridgehead atoms. The molecule has 1 N–H and O–H groups in total. The molecule has 0 radical (unpaired) electrons. The lowest BCUT2D eigenvalue weighted by atomic mass is 10.1.